The largest absolute Gasteiger partial charge is 0.373 e. The van der Waals surface area contributed by atoms with Crippen LogP contribution in [0.1, 0.15) is 20.3 Å². The van der Waals surface area contributed by atoms with Crippen LogP contribution < -0.4 is 0 Å². The van der Waals surface area contributed by atoms with Gasteiger partial charge in [0.2, 0.25) is 0 Å². The molecule has 2 heterocycles. The zero-order chi connectivity index (χ0) is 8.72. The number of ether oxygens (including phenoxy) is 1. The molecule has 2 saturated heterocycles. The van der Waals surface area contributed by atoms with Crippen molar-refractivity contribution in [2.45, 2.75) is 38.7 Å². The molecule has 70 valence electrons. The summed E-state index contributed by atoms with van der Waals surface area (Å²) in [5.41, 5.74) is 0. The fourth-order valence-corrected chi connectivity index (χ4v) is 2.15. The maximum atomic E-state index is 13.6. The van der Waals surface area contributed by atoms with Gasteiger partial charge in [0.15, 0.2) is 6.30 Å². The second kappa shape index (κ2) is 2.96. The van der Waals surface area contributed by atoms with Crippen molar-refractivity contribution in [3.8, 4) is 0 Å². The van der Waals surface area contributed by atoms with Crippen molar-refractivity contribution in [3.05, 3.63) is 0 Å². The Morgan fingerprint density at radius 3 is 2.92 bits per heavy atom. The molecule has 12 heavy (non-hydrogen) atoms. The molecule has 2 fully saturated rings. The van der Waals surface area contributed by atoms with Crippen LogP contribution in [-0.4, -0.2) is 36.5 Å². The molecule has 0 aromatic rings. The predicted molar refractivity (Wildman–Crippen MR) is 44.6 cm³/mol. The molecular weight excluding hydrogens is 157 g/mol. The predicted octanol–water partition coefficient (Wildman–Crippen LogP) is 1.41. The van der Waals surface area contributed by atoms with Crippen molar-refractivity contribution < 1.29 is 9.13 Å². The summed E-state index contributed by atoms with van der Waals surface area (Å²) in [5.74, 6) is 0.574. The molecule has 0 aliphatic carbocycles. The van der Waals surface area contributed by atoms with Crippen LogP contribution in [-0.2, 0) is 4.74 Å². The maximum Gasteiger partial charge on any atom is 0.180 e. The summed E-state index contributed by atoms with van der Waals surface area (Å²) in [5, 5.41) is 0. The van der Waals surface area contributed by atoms with E-state index in [2.05, 4.69) is 0 Å². The molecule has 0 N–H and O–H groups in total. The third-order valence-corrected chi connectivity index (χ3v) is 2.87. The van der Waals surface area contributed by atoms with E-state index in [1.54, 1.807) is 0 Å². The van der Waals surface area contributed by atoms with E-state index in [1.807, 2.05) is 18.7 Å². The van der Waals surface area contributed by atoms with Crippen molar-refractivity contribution >= 4 is 0 Å². The van der Waals surface area contributed by atoms with Gasteiger partial charge in [0, 0.05) is 12.6 Å². The van der Waals surface area contributed by atoms with Crippen LogP contribution in [0.5, 0.6) is 0 Å². The molecule has 2 rings (SSSR count). The topological polar surface area (TPSA) is 12.5 Å². The van der Waals surface area contributed by atoms with Crippen LogP contribution in [0.3, 0.4) is 0 Å². The van der Waals surface area contributed by atoms with Crippen LogP contribution in [0.15, 0.2) is 0 Å². The van der Waals surface area contributed by atoms with Crippen LogP contribution in [0.2, 0.25) is 0 Å². The minimum Gasteiger partial charge on any atom is -0.373 e. The Bertz CT molecular complexity index is 174. The first-order chi connectivity index (χ1) is 5.68. The highest BCUT2D eigenvalue weighted by Gasteiger charge is 2.42. The highest BCUT2D eigenvalue weighted by atomic mass is 19.1. The molecule has 0 spiro atoms. The Balaban J connectivity index is 2.07. The van der Waals surface area contributed by atoms with E-state index in [-0.39, 0.29) is 6.10 Å². The minimum atomic E-state index is -0.872. The molecule has 2 aliphatic rings. The van der Waals surface area contributed by atoms with E-state index in [9.17, 15) is 4.39 Å². The molecule has 0 amide bonds. The average molecular weight is 173 g/mol. The van der Waals surface area contributed by atoms with Crippen LogP contribution >= 0.6 is 0 Å². The smallest absolute Gasteiger partial charge is 0.180 e. The highest BCUT2D eigenvalue weighted by Crippen LogP contribution is 2.32. The van der Waals surface area contributed by atoms with E-state index in [1.165, 1.54) is 0 Å². The minimum absolute atomic E-state index is 0.147. The van der Waals surface area contributed by atoms with Crippen LogP contribution in [0.4, 0.5) is 4.39 Å². The summed E-state index contributed by atoms with van der Waals surface area (Å²) >= 11 is 0. The first kappa shape index (κ1) is 8.45. The molecule has 0 unspecified atom stereocenters. The lowest BCUT2D eigenvalue weighted by Gasteiger charge is -2.36. The molecule has 0 aromatic carbocycles. The molecular formula is C9H16FNO. The molecule has 0 aromatic heterocycles. The Morgan fingerprint density at radius 1 is 1.50 bits per heavy atom. The van der Waals surface area contributed by atoms with Gasteiger partial charge in [0.05, 0.1) is 6.61 Å². The summed E-state index contributed by atoms with van der Waals surface area (Å²) in [7, 11) is 0. The van der Waals surface area contributed by atoms with Gasteiger partial charge in [-0.3, -0.25) is 4.90 Å². The number of nitrogens with zero attached hydrogens (tertiary/aromatic N) is 1. The Labute approximate surface area is 72.7 Å². The third kappa shape index (κ3) is 1.25. The van der Waals surface area contributed by atoms with Gasteiger partial charge in [-0.1, -0.05) is 0 Å². The number of fused-ring (bicyclic) bond motifs is 2. The van der Waals surface area contributed by atoms with E-state index >= 15 is 0 Å². The Kier molecular flexibility index (Phi) is 2.09. The molecule has 2 aliphatic heterocycles. The van der Waals surface area contributed by atoms with Gasteiger partial charge in [-0.25, -0.2) is 4.39 Å². The number of piperidine rings is 1. The average Bonchev–Trinajstić information content (AvgIpc) is 2.41. The Morgan fingerprint density at radius 2 is 2.25 bits per heavy atom. The number of alkyl halides is 1. The summed E-state index contributed by atoms with van der Waals surface area (Å²) in [6.07, 6.45) is -0.0976. The number of rotatable bonds is 1. The molecule has 2 nitrogen and oxygen atoms in total. The van der Waals surface area contributed by atoms with E-state index in [4.69, 9.17) is 4.74 Å². The van der Waals surface area contributed by atoms with E-state index < -0.39 is 6.30 Å². The fraction of sp³-hybridized carbons (Fsp3) is 1.00. The first-order valence-corrected chi connectivity index (χ1v) is 4.70. The third-order valence-electron chi connectivity index (χ3n) is 2.87. The zero-order valence-electron chi connectivity index (χ0n) is 7.66. The lowest BCUT2D eigenvalue weighted by atomic mass is 9.98. The number of likely N-dealkylation sites (tertiary alicyclic amines) is 1. The van der Waals surface area contributed by atoms with E-state index in [0.717, 1.165) is 19.6 Å². The van der Waals surface area contributed by atoms with Crippen molar-refractivity contribution in [1.82, 2.24) is 4.90 Å². The van der Waals surface area contributed by atoms with Gasteiger partial charge in [-0.05, 0) is 26.2 Å². The number of hydrogen-bond acceptors (Lipinski definition) is 2. The maximum absolute atomic E-state index is 13.6. The van der Waals surface area contributed by atoms with Crippen molar-refractivity contribution in [1.29, 1.82) is 0 Å². The standard InChI is InChI=1S/C9H16FNO/c1-6(2)11-4-7-3-8(9(11)10)12-5-7/h6-9H,3-5H2,1-2H3/t7-,8+,9-/m0/s1. The number of halogens is 1. The first-order valence-electron chi connectivity index (χ1n) is 4.70. The highest BCUT2D eigenvalue weighted by molar-refractivity contribution is 4.89. The quantitative estimate of drug-likeness (QED) is 0.556. The molecule has 2 bridgehead atoms. The van der Waals surface area contributed by atoms with Gasteiger partial charge in [0.25, 0.3) is 0 Å². The summed E-state index contributed by atoms with van der Waals surface area (Å²) < 4.78 is 18.9. The number of hydrogen-bond donors (Lipinski definition) is 0. The van der Waals surface area contributed by atoms with Gasteiger partial charge in [-0.2, -0.15) is 0 Å². The summed E-state index contributed by atoms with van der Waals surface area (Å²) in [6, 6.07) is 0.298. The second-order valence-electron chi connectivity index (χ2n) is 4.14. The fourth-order valence-electron chi connectivity index (χ4n) is 2.15. The van der Waals surface area contributed by atoms with E-state index in [0.29, 0.717) is 12.0 Å². The van der Waals surface area contributed by atoms with Crippen LogP contribution in [0.25, 0.3) is 0 Å². The van der Waals surface area contributed by atoms with Crippen molar-refractivity contribution in [2.24, 2.45) is 5.92 Å². The zero-order valence-corrected chi connectivity index (χ0v) is 7.66. The SMILES string of the molecule is CC(C)N1C[C@H]2CO[C@H](C2)[C@H]1F. The lowest BCUT2D eigenvalue weighted by Crippen LogP contribution is -2.49. The molecule has 3 heteroatoms. The van der Waals surface area contributed by atoms with Crippen molar-refractivity contribution in [2.75, 3.05) is 13.2 Å². The Hall–Kier alpha value is -0.150. The lowest BCUT2D eigenvalue weighted by molar-refractivity contribution is -0.0547. The van der Waals surface area contributed by atoms with Gasteiger partial charge < -0.3 is 4.74 Å². The summed E-state index contributed by atoms with van der Waals surface area (Å²) in [6.45, 7) is 5.71. The van der Waals surface area contributed by atoms with Gasteiger partial charge >= 0.3 is 0 Å². The normalized spacial score (nSPS) is 42.5. The monoisotopic (exact) mass is 173 g/mol. The summed E-state index contributed by atoms with van der Waals surface area (Å²) in [4.78, 5) is 1.91. The van der Waals surface area contributed by atoms with Crippen LogP contribution in [0, 0.1) is 5.92 Å². The molecule has 0 radical (unpaired) electrons. The second-order valence-corrected chi connectivity index (χ2v) is 4.14. The molecule has 0 saturated carbocycles. The molecule has 3 atom stereocenters. The van der Waals surface area contributed by atoms with Crippen molar-refractivity contribution in [3.63, 3.8) is 0 Å². The van der Waals surface area contributed by atoms with Gasteiger partial charge in [0.1, 0.15) is 6.10 Å². The van der Waals surface area contributed by atoms with Gasteiger partial charge in [-0.15, -0.1) is 0 Å².